The molecule has 6 nitrogen and oxygen atoms in total. The van der Waals surface area contributed by atoms with Crippen LogP contribution in [0.2, 0.25) is 0 Å². The summed E-state index contributed by atoms with van der Waals surface area (Å²) in [6, 6.07) is 3.67. The van der Waals surface area contributed by atoms with Crippen molar-refractivity contribution >= 4 is 29.0 Å². The van der Waals surface area contributed by atoms with Crippen LogP contribution in [-0.2, 0) is 24.2 Å². The zero-order chi connectivity index (χ0) is 16.2. The number of rotatable bonds is 4. The van der Waals surface area contributed by atoms with Crippen LogP contribution in [0.3, 0.4) is 0 Å². The molecule has 1 aliphatic rings. The Balaban J connectivity index is 1.69. The molecule has 3 N–H and O–H groups in total. The lowest BCUT2D eigenvalue weighted by Crippen LogP contribution is -2.19. The average molecular weight is 332 g/mol. The Morgan fingerprint density at radius 3 is 2.83 bits per heavy atom. The number of thiophene rings is 1. The van der Waals surface area contributed by atoms with Gasteiger partial charge in [0.25, 0.3) is 5.91 Å². The number of nitrogens with one attached hydrogen (secondary N) is 1. The quantitative estimate of drug-likeness (QED) is 0.900. The number of fused-ring (bicyclic) bond motifs is 1. The van der Waals surface area contributed by atoms with Crippen molar-refractivity contribution < 1.29 is 9.59 Å². The van der Waals surface area contributed by atoms with E-state index < -0.39 is 5.91 Å². The zero-order valence-corrected chi connectivity index (χ0v) is 13.7. The Morgan fingerprint density at radius 2 is 2.04 bits per heavy atom. The molecule has 2 aromatic rings. The molecule has 0 spiro atoms. The highest BCUT2D eigenvalue weighted by atomic mass is 32.1. The molecule has 122 valence electrons. The third-order valence-electron chi connectivity index (χ3n) is 3.92. The summed E-state index contributed by atoms with van der Waals surface area (Å²) in [7, 11) is 0. The van der Waals surface area contributed by atoms with Crippen molar-refractivity contribution in [2.24, 2.45) is 5.73 Å². The first kappa shape index (κ1) is 15.7. The highest BCUT2D eigenvalue weighted by Gasteiger charge is 2.16. The van der Waals surface area contributed by atoms with Crippen LogP contribution in [0.5, 0.6) is 0 Å². The number of nitrogens with two attached hydrogens (primary N) is 1. The Morgan fingerprint density at radius 1 is 1.26 bits per heavy atom. The van der Waals surface area contributed by atoms with E-state index in [0.717, 1.165) is 17.7 Å². The number of carbonyl (C=O) groups excluding carboxylic acids is 2. The largest absolute Gasteiger partial charge is 0.368 e. The molecule has 7 heteroatoms. The number of anilines is 1. The lowest BCUT2D eigenvalue weighted by atomic mass is 10.00. The van der Waals surface area contributed by atoms with Gasteiger partial charge in [0.15, 0.2) is 5.82 Å². The van der Waals surface area contributed by atoms with Crippen LogP contribution in [0.15, 0.2) is 18.3 Å². The number of hydrogen-bond donors (Lipinski definition) is 2. The van der Waals surface area contributed by atoms with Crippen molar-refractivity contribution in [3.05, 3.63) is 33.6 Å². The number of primary amides is 1. The standard InChI is InChI=1S/C16H20N4O2S/c17-14(21)10-20-8-7-15(19-20)18-16(22)13-9-11-5-3-1-2-4-6-12(11)23-13/h7-9H,1-6,10H2,(H2,17,21)(H,18,19,22). The molecule has 0 bridgehead atoms. The van der Waals surface area contributed by atoms with E-state index in [9.17, 15) is 9.59 Å². The number of amides is 2. The molecule has 0 unspecified atom stereocenters. The zero-order valence-electron chi connectivity index (χ0n) is 12.9. The van der Waals surface area contributed by atoms with Crippen molar-refractivity contribution in [2.45, 2.75) is 45.1 Å². The van der Waals surface area contributed by atoms with Gasteiger partial charge in [-0.3, -0.25) is 14.3 Å². The molecule has 2 amide bonds. The molecule has 0 radical (unpaired) electrons. The highest BCUT2D eigenvalue weighted by molar-refractivity contribution is 7.14. The molecule has 2 heterocycles. The van der Waals surface area contributed by atoms with Crippen molar-refractivity contribution in [3.8, 4) is 0 Å². The number of aryl methyl sites for hydroxylation is 2. The normalized spacial score (nSPS) is 14.6. The molecule has 23 heavy (non-hydrogen) atoms. The second-order valence-corrected chi connectivity index (χ2v) is 6.93. The molecule has 1 aliphatic carbocycles. The minimum Gasteiger partial charge on any atom is -0.368 e. The van der Waals surface area contributed by atoms with Crippen LogP contribution in [-0.4, -0.2) is 21.6 Å². The van der Waals surface area contributed by atoms with Gasteiger partial charge in [-0.15, -0.1) is 11.3 Å². The fourth-order valence-electron chi connectivity index (χ4n) is 2.81. The Hall–Kier alpha value is -2.15. The van der Waals surface area contributed by atoms with Crippen LogP contribution >= 0.6 is 11.3 Å². The Labute approximate surface area is 138 Å². The molecular formula is C16H20N4O2S. The maximum atomic E-state index is 12.4. The van der Waals surface area contributed by atoms with E-state index >= 15 is 0 Å². The highest BCUT2D eigenvalue weighted by Crippen LogP contribution is 2.28. The molecule has 0 aliphatic heterocycles. The Bertz CT molecular complexity index is 694. The minimum atomic E-state index is -0.468. The fraction of sp³-hybridized carbons (Fsp3) is 0.438. The van der Waals surface area contributed by atoms with Gasteiger partial charge in [0.05, 0.1) is 4.88 Å². The van der Waals surface area contributed by atoms with Crippen LogP contribution in [0.4, 0.5) is 5.82 Å². The Kier molecular flexibility index (Phi) is 4.76. The monoisotopic (exact) mass is 332 g/mol. The van der Waals surface area contributed by atoms with Gasteiger partial charge in [-0.05, 0) is 37.3 Å². The molecule has 3 rings (SSSR count). The molecule has 2 aromatic heterocycles. The second-order valence-electron chi connectivity index (χ2n) is 5.79. The summed E-state index contributed by atoms with van der Waals surface area (Å²) in [5.74, 6) is -0.188. The second kappa shape index (κ2) is 6.95. The minimum absolute atomic E-state index is 0.00314. The van der Waals surface area contributed by atoms with Gasteiger partial charge in [-0.1, -0.05) is 12.8 Å². The number of hydrogen-bond acceptors (Lipinski definition) is 4. The van der Waals surface area contributed by atoms with Crippen LogP contribution in [0.25, 0.3) is 0 Å². The first-order valence-electron chi connectivity index (χ1n) is 7.86. The van der Waals surface area contributed by atoms with E-state index in [1.54, 1.807) is 23.6 Å². The van der Waals surface area contributed by atoms with Crippen molar-refractivity contribution in [3.63, 3.8) is 0 Å². The van der Waals surface area contributed by atoms with Crippen molar-refractivity contribution in [2.75, 3.05) is 5.32 Å². The van der Waals surface area contributed by atoms with Crippen LogP contribution < -0.4 is 11.1 Å². The van der Waals surface area contributed by atoms with Gasteiger partial charge in [0.1, 0.15) is 6.54 Å². The van der Waals surface area contributed by atoms with Crippen LogP contribution in [0, 0.1) is 0 Å². The third kappa shape index (κ3) is 3.98. The van der Waals surface area contributed by atoms with Gasteiger partial charge in [-0.2, -0.15) is 5.10 Å². The number of nitrogens with zero attached hydrogens (tertiary/aromatic N) is 2. The van der Waals surface area contributed by atoms with E-state index in [0.29, 0.717) is 5.82 Å². The molecular weight excluding hydrogens is 312 g/mol. The van der Waals surface area contributed by atoms with E-state index in [1.165, 1.54) is 40.8 Å². The summed E-state index contributed by atoms with van der Waals surface area (Å²) >= 11 is 1.58. The molecule has 0 fully saturated rings. The summed E-state index contributed by atoms with van der Waals surface area (Å²) in [5.41, 5.74) is 6.44. The molecule has 0 saturated carbocycles. The maximum absolute atomic E-state index is 12.4. The van der Waals surface area contributed by atoms with E-state index in [1.807, 2.05) is 6.07 Å². The number of carbonyl (C=O) groups is 2. The number of aromatic nitrogens is 2. The third-order valence-corrected chi connectivity index (χ3v) is 5.16. The lowest BCUT2D eigenvalue weighted by molar-refractivity contribution is -0.118. The van der Waals surface area contributed by atoms with E-state index in [-0.39, 0.29) is 12.5 Å². The molecule has 0 atom stereocenters. The first-order chi connectivity index (χ1) is 11.1. The lowest BCUT2D eigenvalue weighted by Gasteiger charge is -2.07. The average Bonchev–Trinajstić information content (AvgIpc) is 3.05. The van der Waals surface area contributed by atoms with Crippen LogP contribution in [0.1, 0.15) is 45.8 Å². The van der Waals surface area contributed by atoms with Gasteiger partial charge < -0.3 is 11.1 Å². The fourth-order valence-corrected chi connectivity index (χ4v) is 3.96. The smallest absolute Gasteiger partial charge is 0.266 e. The SMILES string of the molecule is NC(=O)Cn1ccc(NC(=O)c2cc3c(s2)CCCCCC3)n1. The molecule has 0 saturated heterocycles. The van der Waals surface area contributed by atoms with Crippen molar-refractivity contribution in [1.82, 2.24) is 9.78 Å². The molecule has 0 aromatic carbocycles. The van der Waals surface area contributed by atoms with Gasteiger partial charge >= 0.3 is 0 Å². The predicted molar refractivity (Wildman–Crippen MR) is 89.6 cm³/mol. The van der Waals surface area contributed by atoms with E-state index in [4.69, 9.17) is 5.73 Å². The first-order valence-corrected chi connectivity index (χ1v) is 8.68. The summed E-state index contributed by atoms with van der Waals surface area (Å²) in [4.78, 5) is 25.3. The summed E-state index contributed by atoms with van der Waals surface area (Å²) < 4.78 is 1.41. The van der Waals surface area contributed by atoms with Gasteiger partial charge in [0, 0.05) is 17.1 Å². The summed E-state index contributed by atoms with van der Waals surface area (Å²) in [5, 5.41) is 6.90. The van der Waals surface area contributed by atoms with Gasteiger partial charge in [0.2, 0.25) is 5.91 Å². The predicted octanol–water partition coefficient (Wildman–Crippen LogP) is 2.34. The summed E-state index contributed by atoms with van der Waals surface area (Å²) in [6.07, 6.45) is 8.69. The maximum Gasteiger partial charge on any atom is 0.266 e. The summed E-state index contributed by atoms with van der Waals surface area (Å²) in [6.45, 7) is 0.00314. The topological polar surface area (TPSA) is 90.0 Å². The van der Waals surface area contributed by atoms with E-state index in [2.05, 4.69) is 10.4 Å². The van der Waals surface area contributed by atoms with Crippen molar-refractivity contribution in [1.29, 1.82) is 0 Å². The van der Waals surface area contributed by atoms with Gasteiger partial charge in [-0.25, -0.2) is 0 Å².